The van der Waals surface area contributed by atoms with Crippen LogP contribution in [0.3, 0.4) is 0 Å². The molecule has 1 aromatic carbocycles. The molecular formula is C19H28N4O2. The van der Waals surface area contributed by atoms with Crippen molar-refractivity contribution in [3.05, 3.63) is 30.3 Å². The van der Waals surface area contributed by atoms with Crippen LogP contribution in [-0.4, -0.2) is 41.5 Å². The van der Waals surface area contributed by atoms with E-state index >= 15 is 0 Å². The van der Waals surface area contributed by atoms with Crippen LogP contribution < -0.4 is 16.4 Å². The van der Waals surface area contributed by atoms with Crippen molar-refractivity contribution in [2.75, 3.05) is 18.4 Å². The summed E-state index contributed by atoms with van der Waals surface area (Å²) in [6, 6.07) is 9.47. The third-order valence-corrected chi connectivity index (χ3v) is 5.34. The quantitative estimate of drug-likeness (QED) is 0.787. The smallest absolute Gasteiger partial charge is 0.321 e. The number of para-hydroxylation sites is 1. The van der Waals surface area contributed by atoms with E-state index in [9.17, 15) is 9.59 Å². The first kappa shape index (κ1) is 17.7. The van der Waals surface area contributed by atoms with E-state index < -0.39 is 5.54 Å². The first-order valence-corrected chi connectivity index (χ1v) is 9.28. The average Bonchev–Trinajstić information content (AvgIpc) is 2.64. The Morgan fingerprint density at radius 2 is 1.68 bits per heavy atom. The molecule has 6 nitrogen and oxygen atoms in total. The number of amides is 3. The van der Waals surface area contributed by atoms with Crippen LogP contribution in [0.5, 0.6) is 0 Å². The number of carbonyl (C=O) groups is 2. The molecule has 0 radical (unpaired) electrons. The minimum Gasteiger partial charge on any atom is -0.352 e. The van der Waals surface area contributed by atoms with Gasteiger partial charge in [0, 0.05) is 24.8 Å². The SMILES string of the molecule is NC1(C(=O)NC2CCN(C(=O)Nc3ccccc3)CC2)CCCCC1. The number of hydrogen-bond donors (Lipinski definition) is 3. The Bertz CT molecular complexity index is 591. The highest BCUT2D eigenvalue weighted by Crippen LogP contribution is 2.26. The molecule has 0 atom stereocenters. The average molecular weight is 344 g/mol. The van der Waals surface area contributed by atoms with E-state index in [1.54, 1.807) is 4.90 Å². The van der Waals surface area contributed by atoms with Gasteiger partial charge in [0.05, 0.1) is 5.54 Å². The fraction of sp³-hybridized carbons (Fsp3) is 0.579. The van der Waals surface area contributed by atoms with E-state index in [1.165, 1.54) is 6.42 Å². The van der Waals surface area contributed by atoms with Gasteiger partial charge in [-0.15, -0.1) is 0 Å². The van der Waals surface area contributed by atoms with Crippen LogP contribution in [0.1, 0.15) is 44.9 Å². The summed E-state index contributed by atoms with van der Waals surface area (Å²) in [6.45, 7) is 1.28. The predicted molar refractivity (Wildman–Crippen MR) is 98.2 cm³/mol. The van der Waals surface area contributed by atoms with Gasteiger partial charge in [-0.1, -0.05) is 37.5 Å². The van der Waals surface area contributed by atoms with E-state index in [0.717, 1.165) is 44.2 Å². The summed E-state index contributed by atoms with van der Waals surface area (Å²) in [4.78, 5) is 26.6. The topological polar surface area (TPSA) is 87.5 Å². The van der Waals surface area contributed by atoms with Crippen molar-refractivity contribution >= 4 is 17.6 Å². The third-order valence-electron chi connectivity index (χ3n) is 5.34. The normalized spacial score (nSPS) is 20.8. The first-order chi connectivity index (χ1) is 12.1. The van der Waals surface area contributed by atoms with Crippen LogP contribution in [0.2, 0.25) is 0 Å². The Kier molecular flexibility index (Phi) is 5.58. The zero-order chi connectivity index (χ0) is 17.7. The van der Waals surface area contributed by atoms with Crippen molar-refractivity contribution in [1.82, 2.24) is 10.2 Å². The molecule has 3 amide bonds. The second-order valence-corrected chi connectivity index (χ2v) is 7.25. The van der Waals surface area contributed by atoms with Crippen LogP contribution in [0.25, 0.3) is 0 Å². The van der Waals surface area contributed by atoms with Gasteiger partial charge >= 0.3 is 6.03 Å². The van der Waals surface area contributed by atoms with Gasteiger partial charge in [-0.25, -0.2) is 4.79 Å². The lowest BCUT2D eigenvalue weighted by atomic mass is 9.81. The van der Waals surface area contributed by atoms with Crippen molar-refractivity contribution in [2.24, 2.45) is 5.73 Å². The molecule has 1 saturated carbocycles. The van der Waals surface area contributed by atoms with E-state index in [2.05, 4.69) is 10.6 Å². The van der Waals surface area contributed by atoms with Crippen LogP contribution in [0.15, 0.2) is 30.3 Å². The maximum absolute atomic E-state index is 12.5. The fourth-order valence-electron chi connectivity index (χ4n) is 3.69. The van der Waals surface area contributed by atoms with Gasteiger partial charge in [-0.05, 0) is 37.8 Å². The summed E-state index contributed by atoms with van der Waals surface area (Å²) < 4.78 is 0. The number of carbonyl (C=O) groups excluding carboxylic acids is 2. The molecule has 0 aromatic heterocycles. The summed E-state index contributed by atoms with van der Waals surface area (Å²) in [7, 11) is 0. The van der Waals surface area contributed by atoms with Gasteiger partial charge in [0.1, 0.15) is 0 Å². The van der Waals surface area contributed by atoms with E-state index in [0.29, 0.717) is 13.1 Å². The van der Waals surface area contributed by atoms with Gasteiger partial charge in [-0.2, -0.15) is 0 Å². The summed E-state index contributed by atoms with van der Waals surface area (Å²) in [5.74, 6) is -0.0145. The molecule has 1 saturated heterocycles. The Morgan fingerprint density at radius 3 is 2.32 bits per heavy atom. The van der Waals surface area contributed by atoms with Crippen LogP contribution in [0.4, 0.5) is 10.5 Å². The number of nitrogens with two attached hydrogens (primary N) is 1. The second-order valence-electron chi connectivity index (χ2n) is 7.25. The number of urea groups is 1. The highest BCUT2D eigenvalue weighted by Gasteiger charge is 2.36. The molecule has 3 rings (SSSR count). The third kappa shape index (κ3) is 4.51. The number of anilines is 1. The molecule has 1 aromatic rings. The van der Waals surface area contributed by atoms with Gasteiger partial charge < -0.3 is 21.3 Å². The maximum atomic E-state index is 12.5. The number of piperidine rings is 1. The number of likely N-dealkylation sites (tertiary alicyclic amines) is 1. The zero-order valence-electron chi connectivity index (χ0n) is 14.7. The van der Waals surface area contributed by atoms with Crippen LogP contribution in [-0.2, 0) is 4.79 Å². The Hall–Kier alpha value is -2.08. The van der Waals surface area contributed by atoms with Crippen molar-refractivity contribution in [3.63, 3.8) is 0 Å². The molecule has 1 heterocycles. The van der Waals surface area contributed by atoms with E-state index in [-0.39, 0.29) is 18.0 Å². The number of benzene rings is 1. The Morgan fingerprint density at radius 1 is 1.04 bits per heavy atom. The molecule has 0 unspecified atom stereocenters. The minimum absolute atomic E-state index is 0.0145. The van der Waals surface area contributed by atoms with Gasteiger partial charge in [0.2, 0.25) is 5.91 Å². The standard InChI is InChI=1S/C19H28N4O2/c20-19(11-5-2-6-12-19)17(24)21-16-9-13-23(14-10-16)18(25)22-15-7-3-1-4-8-15/h1,3-4,7-8,16H,2,5-6,9-14,20H2,(H,21,24)(H,22,25). The molecule has 2 fully saturated rings. The maximum Gasteiger partial charge on any atom is 0.321 e. The first-order valence-electron chi connectivity index (χ1n) is 9.28. The van der Waals surface area contributed by atoms with Gasteiger partial charge in [0.25, 0.3) is 0 Å². The van der Waals surface area contributed by atoms with Gasteiger partial charge in [-0.3, -0.25) is 4.79 Å². The number of hydrogen-bond acceptors (Lipinski definition) is 3. The summed E-state index contributed by atoms with van der Waals surface area (Å²) in [6.07, 6.45) is 6.31. The lowest BCUT2D eigenvalue weighted by Gasteiger charge is -2.36. The molecular weight excluding hydrogens is 316 g/mol. The summed E-state index contributed by atoms with van der Waals surface area (Å²) in [5, 5.41) is 6.02. The predicted octanol–water partition coefficient (Wildman–Crippen LogP) is 2.46. The van der Waals surface area contributed by atoms with Crippen molar-refractivity contribution in [1.29, 1.82) is 0 Å². The lowest BCUT2D eigenvalue weighted by molar-refractivity contribution is -0.128. The number of rotatable bonds is 3. The van der Waals surface area contributed by atoms with Crippen LogP contribution >= 0.6 is 0 Å². The Labute approximate surface area is 149 Å². The number of nitrogens with one attached hydrogen (secondary N) is 2. The lowest BCUT2D eigenvalue weighted by Crippen LogP contribution is -2.58. The fourth-order valence-corrected chi connectivity index (χ4v) is 3.69. The zero-order valence-corrected chi connectivity index (χ0v) is 14.7. The van der Waals surface area contributed by atoms with Crippen molar-refractivity contribution < 1.29 is 9.59 Å². The summed E-state index contributed by atoms with van der Waals surface area (Å²) in [5.41, 5.74) is 6.40. The number of nitrogens with zero attached hydrogens (tertiary/aromatic N) is 1. The highest BCUT2D eigenvalue weighted by molar-refractivity contribution is 5.89. The molecule has 6 heteroatoms. The molecule has 1 aliphatic carbocycles. The molecule has 25 heavy (non-hydrogen) atoms. The van der Waals surface area contributed by atoms with Gasteiger partial charge in [0.15, 0.2) is 0 Å². The van der Waals surface area contributed by atoms with E-state index in [4.69, 9.17) is 5.73 Å². The Balaban J connectivity index is 1.45. The molecule has 136 valence electrons. The molecule has 0 spiro atoms. The molecule has 2 aliphatic rings. The second kappa shape index (κ2) is 7.87. The highest BCUT2D eigenvalue weighted by atomic mass is 16.2. The summed E-state index contributed by atoms with van der Waals surface area (Å²) >= 11 is 0. The molecule has 1 aliphatic heterocycles. The monoisotopic (exact) mass is 344 g/mol. The van der Waals surface area contributed by atoms with Crippen molar-refractivity contribution in [3.8, 4) is 0 Å². The minimum atomic E-state index is -0.694. The molecule has 0 bridgehead atoms. The van der Waals surface area contributed by atoms with E-state index in [1.807, 2.05) is 30.3 Å². The van der Waals surface area contributed by atoms with Crippen LogP contribution in [0, 0.1) is 0 Å². The molecule has 4 N–H and O–H groups in total. The largest absolute Gasteiger partial charge is 0.352 e. The van der Waals surface area contributed by atoms with Crippen molar-refractivity contribution in [2.45, 2.75) is 56.5 Å².